The van der Waals surface area contributed by atoms with Crippen LogP contribution in [0, 0.1) is 5.41 Å². The number of carbonyl (C=O) groups excluding carboxylic acids is 1. The second-order valence-electron chi connectivity index (χ2n) is 8.85. The molecule has 3 aliphatic rings. The molecule has 162 valence electrons. The van der Waals surface area contributed by atoms with Crippen LogP contribution in [0.3, 0.4) is 0 Å². The highest BCUT2D eigenvalue weighted by Crippen LogP contribution is 2.40. The molecule has 1 aromatic rings. The average Bonchev–Trinajstić information content (AvgIpc) is 3.60. The Hall–Kier alpha value is -2.50. The zero-order valence-electron chi connectivity index (χ0n) is 18.2. The second-order valence-corrected chi connectivity index (χ2v) is 8.85. The Labute approximate surface area is 179 Å². The van der Waals surface area contributed by atoms with Crippen molar-refractivity contribution in [1.82, 2.24) is 10.2 Å². The first-order chi connectivity index (χ1) is 14.6. The van der Waals surface area contributed by atoms with Gasteiger partial charge in [0.1, 0.15) is 5.75 Å². The summed E-state index contributed by atoms with van der Waals surface area (Å²) in [6.45, 7) is 3.96. The van der Waals surface area contributed by atoms with Gasteiger partial charge in [-0.2, -0.15) is 0 Å². The monoisotopic (exact) mass is 410 g/mol. The fourth-order valence-electron chi connectivity index (χ4n) is 4.39. The minimum atomic E-state index is 0.0596. The number of hydrogen-bond donors (Lipinski definition) is 2. The summed E-state index contributed by atoms with van der Waals surface area (Å²) in [5, 5.41) is 11.4. The molecule has 1 unspecified atom stereocenters. The number of allylic oxidation sites excluding steroid dienone is 1. The number of likely N-dealkylation sites (tertiary alicyclic amines) is 1. The average molecular weight is 411 g/mol. The van der Waals surface area contributed by atoms with E-state index < -0.39 is 0 Å². The van der Waals surface area contributed by atoms with Gasteiger partial charge in [-0.3, -0.25) is 4.79 Å². The van der Waals surface area contributed by atoms with Crippen molar-refractivity contribution in [3.05, 3.63) is 29.5 Å². The SMILES string of the molecule is CC1CCc2c(ccc(/C(C=N)=C/NC3CC3)c2OCC(=O)N2CCCCC2)N1C. The third-order valence-electron chi connectivity index (χ3n) is 6.66. The van der Waals surface area contributed by atoms with Gasteiger partial charge < -0.3 is 25.3 Å². The number of fused-ring (bicyclic) bond motifs is 1. The number of nitrogens with one attached hydrogen (secondary N) is 2. The van der Waals surface area contributed by atoms with Gasteiger partial charge in [0.05, 0.1) is 0 Å². The highest BCUT2D eigenvalue weighted by atomic mass is 16.5. The fraction of sp³-hybridized carbons (Fsp3) is 0.583. The topological polar surface area (TPSA) is 68.7 Å². The zero-order chi connectivity index (χ0) is 21.1. The zero-order valence-corrected chi connectivity index (χ0v) is 18.2. The molecule has 6 heteroatoms. The van der Waals surface area contributed by atoms with Crippen LogP contribution in [0.25, 0.3) is 5.57 Å². The molecule has 0 radical (unpaired) electrons. The molecule has 1 aromatic carbocycles. The number of rotatable bonds is 7. The van der Waals surface area contributed by atoms with Crippen LogP contribution in [0.5, 0.6) is 5.75 Å². The van der Waals surface area contributed by atoms with Crippen molar-refractivity contribution < 1.29 is 9.53 Å². The molecule has 4 rings (SSSR count). The Morgan fingerprint density at radius 2 is 2.00 bits per heavy atom. The van der Waals surface area contributed by atoms with E-state index in [-0.39, 0.29) is 12.5 Å². The second kappa shape index (κ2) is 9.11. The predicted molar refractivity (Wildman–Crippen MR) is 121 cm³/mol. The third kappa shape index (κ3) is 4.47. The molecule has 2 aliphatic heterocycles. The van der Waals surface area contributed by atoms with Gasteiger partial charge in [-0.15, -0.1) is 0 Å². The lowest BCUT2D eigenvalue weighted by Crippen LogP contribution is -2.39. The molecule has 1 saturated heterocycles. The maximum Gasteiger partial charge on any atom is 0.260 e. The van der Waals surface area contributed by atoms with E-state index in [9.17, 15) is 4.79 Å². The van der Waals surface area contributed by atoms with E-state index in [1.54, 1.807) is 0 Å². The van der Waals surface area contributed by atoms with Gasteiger partial charge in [0.25, 0.3) is 5.91 Å². The highest BCUT2D eigenvalue weighted by Gasteiger charge is 2.27. The van der Waals surface area contributed by atoms with E-state index >= 15 is 0 Å². The number of benzene rings is 1. The molecule has 2 heterocycles. The van der Waals surface area contributed by atoms with E-state index in [1.807, 2.05) is 17.2 Å². The van der Waals surface area contributed by atoms with Crippen molar-refractivity contribution in [2.24, 2.45) is 0 Å². The molecule has 0 bridgehead atoms. The van der Waals surface area contributed by atoms with Crippen molar-refractivity contribution in [2.75, 3.05) is 31.6 Å². The molecule has 0 spiro atoms. The molecule has 0 aromatic heterocycles. The number of anilines is 1. The van der Waals surface area contributed by atoms with Gasteiger partial charge in [0, 0.05) is 67.0 Å². The van der Waals surface area contributed by atoms with Gasteiger partial charge in [-0.05, 0) is 64.0 Å². The van der Waals surface area contributed by atoms with E-state index in [0.717, 1.165) is 66.9 Å². The van der Waals surface area contributed by atoms with Crippen molar-refractivity contribution in [1.29, 1.82) is 5.41 Å². The number of carbonyl (C=O) groups is 1. The lowest BCUT2D eigenvalue weighted by molar-refractivity contribution is -0.134. The van der Waals surface area contributed by atoms with Gasteiger partial charge in [0.2, 0.25) is 0 Å². The summed E-state index contributed by atoms with van der Waals surface area (Å²) < 4.78 is 6.25. The quantitative estimate of drug-likeness (QED) is 0.674. The van der Waals surface area contributed by atoms with Crippen molar-refractivity contribution in [3.8, 4) is 5.75 Å². The molecule has 2 N–H and O–H groups in total. The van der Waals surface area contributed by atoms with Crippen LogP contribution in [0.1, 0.15) is 56.6 Å². The summed E-state index contributed by atoms with van der Waals surface area (Å²) in [5.41, 5.74) is 4.01. The molecule has 1 aliphatic carbocycles. The molecular weight excluding hydrogens is 376 g/mol. The summed E-state index contributed by atoms with van der Waals surface area (Å²) in [4.78, 5) is 17.0. The van der Waals surface area contributed by atoms with Crippen molar-refractivity contribution in [3.63, 3.8) is 0 Å². The van der Waals surface area contributed by atoms with Crippen molar-refractivity contribution in [2.45, 2.75) is 64.0 Å². The highest BCUT2D eigenvalue weighted by molar-refractivity contribution is 6.09. The summed E-state index contributed by atoms with van der Waals surface area (Å²) in [6, 6.07) is 5.17. The van der Waals surface area contributed by atoms with Gasteiger partial charge in [-0.1, -0.05) is 0 Å². The van der Waals surface area contributed by atoms with E-state index in [4.69, 9.17) is 10.1 Å². The van der Waals surface area contributed by atoms with Crippen LogP contribution in [-0.4, -0.2) is 55.8 Å². The third-order valence-corrected chi connectivity index (χ3v) is 6.66. The Morgan fingerprint density at radius 3 is 2.70 bits per heavy atom. The first-order valence-electron chi connectivity index (χ1n) is 11.3. The predicted octanol–water partition coefficient (Wildman–Crippen LogP) is 3.59. The van der Waals surface area contributed by atoms with Crippen LogP contribution in [-0.2, 0) is 11.2 Å². The number of piperidine rings is 1. The van der Waals surface area contributed by atoms with Crippen molar-refractivity contribution >= 4 is 23.4 Å². The van der Waals surface area contributed by atoms with E-state index in [2.05, 4.69) is 30.3 Å². The van der Waals surface area contributed by atoms with Gasteiger partial charge >= 0.3 is 0 Å². The molecular formula is C24H34N4O2. The molecule has 1 atom stereocenters. The van der Waals surface area contributed by atoms with Crippen LogP contribution in [0.4, 0.5) is 5.69 Å². The van der Waals surface area contributed by atoms with Crippen LogP contribution >= 0.6 is 0 Å². The molecule has 1 amide bonds. The maximum absolute atomic E-state index is 12.7. The number of hydrogen-bond acceptors (Lipinski definition) is 5. The lowest BCUT2D eigenvalue weighted by atomic mass is 9.92. The smallest absolute Gasteiger partial charge is 0.260 e. The minimum absolute atomic E-state index is 0.0596. The Kier molecular flexibility index (Phi) is 6.30. The Bertz CT molecular complexity index is 825. The standard InChI is InChI=1S/C24H34N4O2/c1-17-6-9-21-22(27(17)2)11-10-20(18(14-25)15-26-19-7-8-19)24(21)30-16-23(29)28-12-4-3-5-13-28/h10-11,14-15,17,19,25-26H,3-9,12-13,16H2,1-2H3/b18-15+,25-14?. The molecule has 2 fully saturated rings. The number of nitrogens with zero attached hydrogens (tertiary/aromatic N) is 2. The molecule has 6 nitrogen and oxygen atoms in total. The summed E-state index contributed by atoms with van der Waals surface area (Å²) in [5.74, 6) is 0.830. The Morgan fingerprint density at radius 1 is 1.23 bits per heavy atom. The first kappa shape index (κ1) is 20.8. The van der Waals surface area contributed by atoms with Crippen LogP contribution < -0.4 is 15.0 Å². The van der Waals surface area contributed by atoms with Crippen LogP contribution in [0.15, 0.2) is 18.3 Å². The summed E-state index contributed by atoms with van der Waals surface area (Å²) >= 11 is 0. The largest absolute Gasteiger partial charge is 0.483 e. The summed E-state index contributed by atoms with van der Waals surface area (Å²) in [7, 11) is 2.12. The minimum Gasteiger partial charge on any atom is -0.483 e. The van der Waals surface area contributed by atoms with E-state index in [1.165, 1.54) is 25.5 Å². The fourth-order valence-corrected chi connectivity index (χ4v) is 4.39. The number of amides is 1. The van der Waals surface area contributed by atoms with E-state index in [0.29, 0.717) is 12.1 Å². The van der Waals surface area contributed by atoms with Gasteiger partial charge in [0.15, 0.2) is 6.61 Å². The summed E-state index contributed by atoms with van der Waals surface area (Å²) in [6.07, 6.45) is 11.0. The number of ether oxygens (including phenoxy) is 1. The Balaban J connectivity index is 1.63. The normalized spacial score (nSPS) is 21.8. The lowest BCUT2D eigenvalue weighted by Gasteiger charge is -2.35. The molecule has 30 heavy (non-hydrogen) atoms. The first-order valence-corrected chi connectivity index (χ1v) is 11.3. The van der Waals surface area contributed by atoms with Gasteiger partial charge in [-0.25, -0.2) is 0 Å². The molecule has 1 saturated carbocycles. The maximum atomic E-state index is 12.7. The van der Waals surface area contributed by atoms with Crippen LogP contribution in [0.2, 0.25) is 0 Å².